The number of hydrogen-bond donors (Lipinski definition) is 4. The van der Waals surface area contributed by atoms with E-state index in [1.807, 2.05) is 0 Å². The van der Waals surface area contributed by atoms with Crippen molar-refractivity contribution in [2.24, 2.45) is 11.8 Å². The predicted octanol–water partition coefficient (Wildman–Crippen LogP) is 2.09. The third kappa shape index (κ3) is 10.6. The smallest absolute Gasteiger partial charge is 0.0433 e. The average Bonchev–Trinajstić information content (AvgIpc) is 2.45. The molecular weight excluding hydrogens is 256 g/mol. The number of aliphatic hydroxyl groups excluding tert-OH is 4. The Hall–Kier alpha value is -0.160. The van der Waals surface area contributed by atoms with Gasteiger partial charge in [-0.3, -0.25) is 0 Å². The predicted molar refractivity (Wildman–Crippen MR) is 81.5 cm³/mol. The largest absolute Gasteiger partial charge is 0.396 e. The second kappa shape index (κ2) is 15.2. The second-order valence-electron chi connectivity index (χ2n) is 5.69. The van der Waals surface area contributed by atoms with Gasteiger partial charge in [0.1, 0.15) is 0 Å². The molecule has 2 atom stereocenters. The van der Waals surface area contributed by atoms with Crippen LogP contribution in [0.1, 0.15) is 64.2 Å². The second-order valence-corrected chi connectivity index (χ2v) is 5.69. The van der Waals surface area contributed by atoms with Gasteiger partial charge in [-0.05, 0) is 50.4 Å². The van der Waals surface area contributed by atoms with Gasteiger partial charge in [0, 0.05) is 26.4 Å². The summed E-state index contributed by atoms with van der Waals surface area (Å²) in [6, 6.07) is 0. The summed E-state index contributed by atoms with van der Waals surface area (Å²) < 4.78 is 0. The van der Waals surface area contributed by atoms with Crippen LogP contribution in [0.5, 0.6) is 0 Å². The van der Waals surface area contributed by atoms with Crippen LogP contribution in [0.4, 0.5) is 0 Å². The fourth-order valence-electron chi connectivity index (χ4n) is 2.66. The molecule has 4 N–H and O–H groups in total. The van der Waals surface area contributed by atoms with Crippen molar-refractivity contribution in [2.45, 2.75) is 64.2 Å². The van der Waals surface area contributed by atoms with Gasteiger partial charge in [-0.25, -0.2) is 0 Å². The van der Waals surface area contributed by atoms with E-state index < -0.39 is 0 Å². The Morgan fingerprint density at radius 2 is 0.850 bits per heavy atom. The van der Waals surface area contributed by atoms with Crippen LogP contribution in [-0.4, -0.2) is 46.9 Å². The van der Waals surface area contributed by atoms with Crippen molar-refractivity contribution in [3.05, 3.63) is 0 Å². The van der Waals surface area contributed by atoms with E-state index in [0.717, 1.165) is 38.5 Å². The van der Waals surface area contributed by atoms with Crippen molar-refractivity contribution in [3.8, 4) is 0 Å². The molecule has 122 valence electrons. The average molecular weight is 290 g/mol. The van der Waals surface area contributed by atoms with Crippen LogP contribution in [0.25, 0.3) is 0 Å². The molecule has 0 amide bonds. The maximum absolute atomic E-state index is 8.63. The summed E-state index contributed by atoms with van der Waals surface area (Å²) in [6.45, 7) is 1.26. The SMILES string of the molecule is OCCC1CCC1CCO.OCCCCCCCCO. The summed E-state index contributed by atoms with van der Waals surface area (Å²) in [4.78, 5) is 0. The first-order valence-corrected chi connectivity index (χ1v) is 8.23. The number of hydrogen-bond acceptors (Lipinski definition) is 4. The molecule has 0 aromatic heterocycles. The van der Waals surface area contributed by atoms with E-state index >= 15 is 0 Å². The van der Waals surface area contributed by atoms with Gasteiger partial charge in [-0.2, -0.15) is 0 Å². The molecule has 0 heterocycles. The van der Waals surface area contributed by atoms with Crippen molar-refractivity contribution >= 4 is 0 Å². The highest BCUT2D eigenvalue weighted by Gasteiger charge is 2.28. The lowest BCUT2D eigenvalue weighted by Crippen LogP contribution is -2.27. The third-order valence-electron chi connectivity index (χ3n) is 4.14. The molecule has 2 unspecified atom stereocenters. The third-order valence-corrected chi connectivity index (χ3v) is 4.14. The molecule has 20 heavy (non-hydrogen) atoms. The molecule has 0 aromatic rings. The van der Waals surface area contributed by atoms with Crippen molar-refractivity contribution in [1.82, 2.24) is 0 Å². The lowest BCUT2D eigenvalue weighted by atomic mass is 9.70. The topological polar surface area (TPSA) is 80.9 Å². The Labute approximate surface area is 123 Å². The van der Waals surface area contributed by atoms with E-state index in [1.165, 1.54) is 25.7 Å². The maximum atomic E-state index is 8.63. The zero-order valence-electron chi connectivity index (χ0n) is 12.8. The Morgan fingerprint density at radius 3 is 1.10 bits per heavy atom. The molecule has 1 fully saturated rings. The molecule has 0 aliphatic heterocycles. The summed E-state index contributed by atoms with van der Waals surface area (Å²) in [5, 5.41) is 34.1. The molecule has 1 aliphatic carbocycles. The molecule has 0 saturated heterocycles. The molecule has 1 saturated carbocycles. The molecule has 0 spiro atoms. The molecule has 1 rings (SSSR count). The zero-order chi connectivity index (χ0) is 15.1. The lowest BCUT2D eigenvalue weighted by Gasteiger charge is -2.36. The van der Waals surface area contributed by atoms with Gasteiger partial charge in [0.15, 0.2) is 0 Å². The summed E-state index contributed by atoms with van der Waals surface area (Å²) in [6.07, 6.45) is 10.9. The zero-order valence-corrected chi connectivity index (χ0v) is 12.8. The molecule has 4 nitrogen and oxygen atoms in total. The molecular formula is C16H34O4. The van der Waals surface area contributed by atoms with Crippen LogP contribution in [-0.2, 0) is 0 Å². The van der Waals surface area contributed by atoms with E-state index in [0.29, 0.717) is 38.3 Å². The van der Waals surface area contributed by atoms with E-state index in [1.54, 1.807) is 0 Å². The Morgan fingerprint density at radius 1 is 0.500 bits per heavy atom. The highest BCUT2D eigenvalue weighted by molar-refractivity contribution is 4.79. The molecule has 0 aromatic carbocycles. The van der Waals surface area contributed by atoms with Crippen molar-refractivity contribution in [2.75, 3.05) is 26.4 Å². The van der Waals surface area contributed by atoms with Crippen LogP contribution in [0.3, 0.4) is 0 Å². The van der Waals surface area contributed by atoms with E-state index in [9.17, 15) is 0 Å². The Kier molecular flexibility index (Phi) is 15.1. The van der Waals surface area contributed by atoms with Crippen LogP contribution in [0.15, 0.2) is 0 Å². The summed E-state index contributed by atoms with van der Waals surface area (Å²) in [7, 11) is 0. The van der Waals surface area contributed by atoms with Gasteiger partial charge in [-0.15, -0.1) is 0 Å². The molecule has 0 bridgehead atoms. The minimum atomic E-state index is 0.312. The lowest BCUT2D eigenvalue weighted by molar-refractivity contribution is 0.102. The van der Waals surface area contributed by atoms with Crippen molar-refractivity contribution in [3.63, 3.8) is 0 Å². The summed E-state index contributed by atoms with van der Waals surface area (Å²) in [5.74, 6) is 1.41. The quantitative estimate of drug-likeness (QED) is 0.439. The highest BCUT2D eigenvalue weighted by atomic mass is 16.3. The standard InChI is InChI=1S/C8H16O2.C8H18O2/c9-5-3-7-1-2-8(7)4-6-10;9-7-5-3-1-2-4-6-8-10/h7-10H,1-6H2;9-10H,1-8H2. The van der Waals surface area contributed by atoms with Crippen LogP contribution >= 0.6 is 0 Å². The van der Waals surface area contributed by atoms with E-state index in [-0.39, 0.29) is 0 Å². The first kappa shape index (κ1) is 19.8. The normalized spacial score (nSPS) is 21.0. The first-order valence-electron chi connectivity index (χ1n) is 8.23. The number of unbranched alkanes of at least 4 members (excludes halogenated alkanes) is 5. The van der Waals surface area contributed by atoms with Gasteiger partial charge in [0.05, 0.1) is 0 Å². The van der Waals surface area contributed by atoms with Gasteiger partial charge >= 0.3 is 0 Å². The maximum Gasteiger partial charge on any atom is 0.0433 e. The van der Waals surface area contributed by atoms with Gasteiger partial charge in [0.2, 0.25) is 0 Å². The van der Waals surface area contributed by atoms with Gasteiger partial charge in [0.25, 0.3) is 0 Å². The number of aliphatic hydroxyl groups is 4. The minimum absolute atomic E-state index is 0.312. The minimum Gasteiger partial charge on any atom is -0.396 e. The van der Waals surface area contributed by atoms with E-state index in [4.69, 9.17) is 20.4 Å². The monoisotopic (exact) mass is 290 g/mol. The highest BCUT2D eigenvalue weighted by Crippen LogP contribution is 2.38. The number of rotatable bonds is 11. The summed E-state index contributed by atoms with van der Waals surface area (Å²) in [5.41, 5.74) is 0. The Bertz CT molecular complexity index is 167. The molecule has 4 heteroatoms. The van der Waals surface area contributed by atoms with Gasteiger partial charge < -0.3 is 20.4 Å². The van der Waals surface area contributed by atoms with Crippen molar-refractivity contribution < 1.29 is 20.4 Å². The molecule has 0 radical (unpaired) electrons. The van der Waals surface area contributed by atoms with Crippen molar-refractivity contribution in [1.29, 1.82) is 0 Å². The first-order chi connectivity index (χ1) is 9.79. The Balaban J connectivity index is 0.000000361. The van der Waals surface area contributed by atoms with Crippen LogP contribution < -0.4 is 0 Å². The fourth-order valence-corrected chi connectivity index (χ4v) is 2.66. The van der Waals surface area contributed by atoms with Crippen LogP contribution in [0.2, 0.25) is 0 Å². The van der Waals surface area contributed by atoms with Gasteiger partial charge in [-0.1, -0.05) is 25.7 Å². The summed E-state index contributed by atoms with van der Waals surface area (Å²) >= 11 is 0. The van der Waals surface area contributed by atoms with Crippen LogP contribution in [0, 0.1) is 11.8 Å². The van der Waals surface area contributed by atoms with E-state index in [2.05, 4.69) is 0 Å². The molecule has 1 aliphatic rings. The fraction of sp³-hybridized carbons (Fsp3) is 1.00.